The Morgan fingerprint density at radius 2 is 1.18 bits per heavy atom. The molecule has 0 bridgehead atoms. The Morgan fingerprint density at radius 3 is 1.50 bits per heavy atom. The van der Waals surface area contributed by atoms with Crippen LogP contribution in [0.3, 0.4) is 0 Å². The van der Waals surface area contributed by atoms with E-state index in [2.05, 4.69) is 0 Å². The standard InChI is InChI=1S/C7H6ClNO4S.C7H8N2O4S/c2*1-5-2-3-6(9(10)11)4-7(5)14(8,12)13/h2-4H,1H3;2-4H,1H3,(H2,8,12,13). The fourth-order valence-electron chi connectivity index (χ4n) is 1.97. The topological polar surface area (TPSA) is 181 Å². The van der Waals surface area contributed by atoms with Gasteiger partial charge in [0.15, 0.2) is 0 Å². The van der Waals surface area contributed by atoms with E-state index >= 15 is 0 Å². The summed E-state index contributed by atoms with van der Waals surface area (Å²) >= 11 is 0. The molecule has 0 saturated heterocycles. The van der Waals surface area contributed by atoms with Gasteiger partial charge in [0.1, 0.15) is 0 Å². The molecule has 0 aliphatic rings. The van der Waals surface area contributed by atoms with E-state index in [9.17, 15) is 37.1 Å². The van der Waals surface area contributed by atoms with Crippen LogP contribution in [0.1, 0.15) is 11.1 Å². The summed E-state index contributed by atoms with van der Waals surface area (Å²) in [5.41, 5.74) is 0.179. The first-order valence-corrected chi connectivity index (χ1v) is 11.0. The summed E-state index contributed by atoms with van der Waals surface area (Å²) in [5, 5.41) is 25.6. The number of hydrogen-bond acceptors (Lipinski definition) is 8. The Labute approximate surface area is 164 Å². The summed E-state index contributed by atoms with van der Waals surface area (Å²) in [7, 11) is -2.73. The van der Waals surface area contributed by atoms with E-state index in [4.69, 9.17) is 15.8 Å². The van der Waals surface area contributed by atoms with Crippen molar-refractivity contribution in [2.75, 3.05) is 0 Å². The summed E-state index contributed by atoms with van der Waals surface area (Å²) in [6, 6.07) is 7.03. The quantitative estimate of drug-likeness (QED) is 0.417. The van der Waals surface area contributed by atoms with E-state index in [1.54, 1.807) is 0 Å². The molecule has 0 aliphatic carbocycles. The van der Waals surface area contributed by atoms with Crippen molar-refractivity contribution in [3.8, 4) is 0 Å². The number of aryl methyl sites for hydroxylation is 2. The van der Waals surface area contributed by atoms with Crippen molar-refractivity contribution in [1.29, 1.82) is 0 Å². The smallest absolute Gasteiger partial charge is 0.258 e. The third-order valence-corrected chi connectivity index (χ3v) is 5.85. The van der Waals surface area contributed by atoms with Crippen molar-refractivity contribution >= 4 is 41.1 Å². The van der Waals surface area contributed by atoms with Gasteiger partial charge in [0, 0.05) is 34.9 Å². The molecule has 0 fully saturated rings. The summed E-state index contributed by atoms with van der Waals surface area (Å²) in [5.74, 6) is 0. The predicted molar refractivity (Wildman–Crippen MR) is 100 cm³/mol. The Kier molecular flexibility index (Phi) is 7.20. The van der Waals surface area contributed by atoms with E-state index < -0.39 is 28.9 Å². The molecule has 2 N–H and O–H groups in total. The van der Waals surface area contributed by atoms with E-state index in [1.807, 2.05) is 0 Å². The molecule has 0 radical (unpaired) electrons. The minimum Gasteiger partial charge on any atom is -0.258 e. The number of nitro groups is 2. The number of primary sulfonamides is 1. The molecule has 28 heavy (non-hydrogen) atoms. The first kappa shape index (κ1) is 23.4. The third-order valence-electron chi connectivity index (χ3n) is 3.33. The average Bonchev–Trinajstić information content (AvgIpc) is 2.53. The zero-order chi connectivity index (χ0) is 21.9. The fraction of sp³-hybridized carbons (Fsp3) is 0.143. The third kappa shape index (κ3) is 6.23. The lowest BCUT2D eigenvalue weighted by Crippen LogP contribution is -2.13. The highest BCUT2D eigenvalue weighted by atomic mass is 35.7. The minimum absolute atomic E-state index is 0.216. The Morgan fingerprint density at radius 1 is 0.821 bits per heavy atom. The molecule has 0 atom stereocenters. The summed E-state index contributed by atoms with van der Waals surface area (Å²) in [6.45, 7) is 3.03. The van der Waals surface area contributed by atoms with E-state index in [0.717, 1.165) is 12.1 Å². The maximum atomic E-state index is 11.0. The minimum atomic E-state index is -3.92. The van der Waals surface area contributed by atoms with Crippen molar-refractivity contribution in [2.45, 2.75) is 23.6 Å². The first-order chi connectivity index (χ1) is 12.6. The number of nitro benzene ring substituents is 2. The van der Waals surface area contributed by atoms with E-state index in [-0.39, 0.29) is 21.2 Å². The van der Waals surface area contributed by atoms with Gasteiger partial charge in [0.25, 0.3) is 20.4 Å². The van der Waals surface area contributed by atoms with Gasteiger partial charge in [0.05, 0.1) is 19.6 Å². The highest BCUT2D eigenvalue weighted by molar-refractivity contribution is 8.13. The van der Waals surface area contributed by atoms with Gasteiger partial charge in [-0.05, 0) is 25.0 Å². The lowest BCUT2D eigenvalue weighted by atomic mass is 10.2. The van der Waals surface area contributed by atoms with Gasteiger partial charge in [0.2, 0.25) is 10.0 Å². The highest BCUT2D eigenvalue weighted by Crippen LogP contribution is 2.24. The van der Waals surface area contributed by atoms with Crippen molar-refractivity contribution < 1.29 is 26.7 Å². The number of sulfonamides is 1. The van der Waals surface area contributed by atoms with Gasteiger partial charge in [-0.1, -0.05) is 12.1 Å². The number of nitrogens with two attached hydrogens (primary N) is 1. The molecule has 0 amide bonds. The van der Waals surface area contributed by atoms with Crippen LogP contribution in [-0.2, 0) is 19.1 Å². The van der Waals surface area contributed by atoms with Crippen molar-refractivity contribution in [2.24, 2.45) is 5.14 Å². The summed E-state index contributed by atoms with van der Waals surface area (Å²) in [4.78, 5) is 18.9. The van der Waals surface area contributed by atoms with Crippen LogP contribution in [0.2, 0.25) is 0 Å². The summed E-state index contributed by atoms with van der Waals surface area (Å²) < 4.78 is 43.9. The normalized spacial score (nSPS) is 11.3. The SMILES string of the molecule is Cc1ccc([N+](=O)[O-])cc1S(=O)(=O)Cl.Cc1ccc([N+](=O)[O-])cc1S(N)(=O)=O. The van der Waals surface area contributed by atoms with Crippen LogP contribution in [0.4, 0.5) is 11.4 Å². The fourth-order valence-corrected chi connectivity index (χ4v) is 3.99. The van der Waals surface area contributed by atoms with Gasteiger partial charge < -0.3 is 0 Å². The molecule has 0 heterocycles. The lowest BCUT2D eigenvalue weighted by molar-refractivity contribution is -0.385. The van der Waals surface area contributed by atoms with Crippen LogP contribution < -0.4 is 5.14 Å². The Bertz CT molecular complexity index is 1060. The second-order valence-corrected chi connectivity index (χ2v) is 9.46. The molecule has 0 aliphatic heterocycles. The zero-order valence-corrected chi connectivity index (χ0v) is 16.8. The molecule has 0 spiro atoms. The van der Waals surface area contributed by atoms with Crippen LogP contribution in [0.25, 0.3) is 0 Å². The number of halogens is 1. The molecule has 2 rings (SSSR count). The van der Waals surface area contributed by atoms with Gasteiger partial charge in [-0.2, -0.15) is 0 Å². The number of nitrogens with zero attached hydrogens (tertiary/aromatic N) is 2. The number of rotatable bonds is 4. The first-order valence-electron chi connectivity index (χ1n) is 7.12. The van der Waals surface area contributed by atoms with Gasteiger partial charge in [-0.25, -0.2) is 22.0 Å². The van der Waals surface area contributed by atoms with Crippen LogP contribution in [0, 0.1) is 34.1 Å². The number of hydrogen-bond donors (Lipinski definition) is 1. The van der Waals surface area contributed by atoms with Crippen LogP contribution in [0.5, 0.6) is 0 Å². The van der Waals surface area contributed by atoms with E-state index in [0.29, 0.717) is 11.1 Å². The predicted octanol–water partition coefficient (Wildman–Crippen LogP) is 2.38. The molecule has 152 valence electrons. The monoisotopic (exact) mass is 451 g/mol. The molecule has 0 unspecified atom stereocenters. The summed E-state index contributed by atoms with van der Waals surface area (Å²) in [6.07, 6.45) is 0. The van der Waals surface area contributed by atoms with Crippen molar-refractivity contribution in [1.82, 2.24) is 0 Å². The second-order valence-electron chi connectivity index (χ2n) is 5.40. The molecule has 0 saturated carbocycles. The lowest BCUT2D eigenvalue weighted by Gasteiger charge is -2.01. The number of benzene rings is 2. The van der Waals surface area contributed by atoms with Crippen molar-refractivity contribution in [3.63, 3.8) is 0 Å². The average molecular weight is 452 g/mol. The molecular weight excluding hydrogens is 438 g/mol. The van der Waals surface area contributed by atoms with Crippen molar-refractivity contribution in [3.05, 3.63) is 67.8 Å². The van der Waals surface area contributed by atoms with Crippen LogP contribution in [-0.4, -0.2) is 26.7 Å². The zero-order valence-electron chi connectivity index (χ0n) is 14.4. The molecule has 2 aromatic rings. The number of non-ortho nitro benzene ring substituents is 2. The maximum absolute atomic E-state index is 11.0. The van der Waals surface area contributed by atoms with Crippen LogP contribution >= 0.6 is 10.7 Å². The molecular formula is C14H14ClN3O8S2. The Balaban J connectivity index is 0.000000280. The molecule has 2 aromatic carbocycles. The van der Waals surface area contributed by atoms with Gasteiger partial charge >= 0.3 is 0 Å². The highest BCUT2D eigenvalue weighted by Gasteiger charge is 2.18. The van der Waals surface area contributed by atoms with Crippen LogP contribution in [0.15, 0.2) is 46.2 Å². The van der Waals surface area contributed by atoms with Gasteiger partial charge in [-0.15, -0.1) is 0 Å². The Hall–Kier alpha value is -2.61. The maximum Gasteiger partial charge on any atom is 0.270 e. The molecule has 14 heteroatoms. The molecule has 0 aromatic heterocycles. The molecule has 11 nitrogen and oxygen atoms in total. The van der Waals surface area contributed by atoms with E-state index in [1.165, 1.54) is 38.1 Å². The largest absolute Gasteiger partial charge is 0.270 e. The van der Waals surface area contributed by atoms with Gasteiger partial charge in [-0.3, -0.25) is 20.2 Å². The second kappa shape index (κ2) is 8.60.